The van der Waals surface area contributed by atoms with E-state index in [0.717, 1.165) is 59.6 Å². The normalized spacial score (nSPS) is 16.1. The predicted octanol–water partition coefficient (Wildman–Crippen LogP) is 3.88. The van der Waals surface area contributed by atoms with Crippen LogP contribution in [0.5, 0.6) is 0 Å². The van der Waals surface area contributed by atoms with E-state index in [1.807, 2.05) is 41.1 Å². The molecule has 1 N–H and O–H groups in total. The number of anilines is 1. The third-order valence-corrected chi connectivity index (χ3v) is 5.20. The van der Waals surface area contributed by atoms with Crippen molar-refractivity contribution < 1.29 is 0 Å². The van der Waals surface area contributed by atoms with Gasteiger partial charge in [0.1, 0.15) is 5.82 Å². The predicted molar refractivity (Wildman–Crippen MR) is 110 cm³/mol. The van der Waals surface area contributed by atoms with E-state index >= 15 is 0 Å². The Hall–Kier alpha value is -3.28. The molecule has 1 unspecified atom stereocenters. The Bertz CT molecular complexity index is 1120. The molecule has 0 saturated heterocycles. The summed E-state index contributed by atoms with van der Waals surface area (Å²) >= 11 is 0. The summed E-state index contributed by atoms with van der Waals surface area (Å²) < 4.78 is 2.03. The van der Waals surface area contributed by atoms with Gasteiger partial charge in [0.25, 0.3) is 0 Å². The molecule has 28 heavy (non-hydrogen) atoms. The summed E-state index contributed by atoms with van der Waals surface area (Å²) in [6.07, 6.45) is 2.79. The number of aromatic nitrogens is 5. The summed E-state index contributed by atoms with van der Waals surface area (Å²) in [6.45, 7) is 2.88. The Morgan fingerprint density at radius 3 is 2.68 bits per heavy atom. The molecule has 1 aliphatic heterocycles. The van der Waals surface area contributed by atoms with Gasteiger partial charge in [-0.3, -0.25) is 0 Å². The van der Waals surface area contributed by atoms with Crippen molar-refractivity contribution in [2.45, 2.75) is 38.8 Å². The second kappa shape index (κ2) is 7.03. The van der Waals surface area contributed by atoms with Gasteiger partial charge in [-0.25, -0.2) is 19.6 Å². The molecule has 2 aromatic carbocycles. The Morgan fingerprint density at radius 1 is 1.00 bits per heavy atom. The van der Waals surface area contributed by atoms with Gasteiger partial charge >= 0.3 is 0 Å². The molecule has 0 amide bonds. The molecule has 0 saturated carbocycles. The fourth-order valence-electron chi connectivity index (χ4n) is 3.77. The molecule has 0 aliphatic carbocycles. The van der Waals surface area contributed by atoms with Crippen LogP contribution in [-0.4, -0.2) is 30.8 Å². The molecule has 0 spiro atoms. The highest BCUT2D eigenvalue weighted by Crippen LogP contribution is 2.27. The lowest BCUT2D eigenvalue weighted by Gasteiger charge is -2.24. The summed E-state index contributed by atoms with van der Waals surface area (Å²) in [6, 6.07) is 18.7. The van der Waals surface area contributed by atoms with Crippen LogP contribution in [0.3, 0.4) is 0 Å². The Balaban J connectivity index is 1.48. The third-order valence-electron chi connectivity index (χ3n) is 5.20. The van der Waals surface area contributed by atoms with E-state index in [2.05, 4.69) is 40.5 Å². The average molecular weight is 370 g/mol. The maximum absolute atomic E-state index is 4.88. The van der Waals surface area contributed by atoms with Crippen LogP contribution in [0.25, 0.3) is 22.2 Å². The Labute approximate surface area is 163 Å². The molecule has 6 nitrogen and oxygen atoms in total. The fraction of sp³-hybridized carbons (Fsp3) is 0.273. The largest absolute Gasteiger partial charge is 0.350 e. The van der Waals surface area contributed by atoms with Crippen LogP contribution in [-0.2, 0) is 19.4 Å². The van der Waals surface area contributed by atoms with E-state index in [1.165, 1.54) is 0 Å². The summed E-state index contributed by atoms with van der Waals surface area (Å²) in [5.74, 6) is 2.67. The van der Waals surface area contributed by atoms with Gasteiger partial charge in [-0.2, -0.15) is 5.10 Å². The highest BCUT2D eigenvalue weighted by atomic mass is 15.4. The minimum Gasteiger partial charge on any atom is -0.350 e. The first kappa shape index (κ1) is 16.9. The van der Waals surface area contributed by atoms with Crippen molar-refractivity contribution in [3.63, 3.8) is 0 Å². The molecule has 140 valence electrons. The molecule has 2 aromatic heterocycles. The lowest BCUT2D eigenvalue weighted by Crippen LogP contribution is -2.32. The maximum atomic E-state index is 4.88. The highest BCUT2D eigenvalue weighted by molar-refractivity contribution is 5.93. The molecule has 6 heteroatoms. The summed E-state index contributed by atoms with van der Waals surface area (Å²) in [7, 11) is 0. The van der Waals surface area contributed by atoms with Crippen LogP contribution in [0.1, 0.15) is 25.0 Å². The first-order valence-electron chi connectivity index (χ1n) is 9.81. The standard InChI is InChI=1S/C22H22N6/c1-2-19-25-20-13-12-16(14-28(20)27-19)23-22-24-18-11-7-6-10-17(18)21(26-22)15-8-4-3-5-9-15/h3-11,16H,2,12-14H2,1H3,(H,23,24,26). The molecule has 5 rings (SSSR count). The van der Waals surface area contributed by atoms with E-state index in [1.54, 1.807) is 0 Å². The van der Waals surface area contributed by atoms with Gasteiger partial charge in [-0.15, -0.1) is 0 Å². The van der Waals surface area contributed by atoms with Crippen molar-refractivity contribution >= 4 is 16.9 Å². The second-order valence-corrected chi connectivity index (χ2v) is 7.14. The van der Waals surface area contributed by atoms with Crippen LogP contribution in [0.4, 0.5) is 5.95 Å². The number of hydrogen-bond acceptors (Lipinski definition) is 5. The van der Waals surface area contributed by atoms with E-state index in [0.29, 0.717) is 5.95 Å². The minimum atomic E-state index is 0.240. The van der Waals surface area contributed by atoms with Crippen molar-refractivity contribution in [2.75, 3.05) is 5.32 Å². The molecular formula is C22H22N6. The molecule has 4 aromatic rings. The van der Waals surface area contributed by atoms with Gasteiger partial charge in [0.2, 0.25) is 5.95 Å². The molecule has 0 bridgehead atoms. The first-order valence-corrected chi connectivity index (χ1v) is 9.81. The monoisotopic (exact) mass is 370 g/mol. The zero-order valence-corrected chi connectivity index (χ0v) is 15.8. The minimum absolute atomic E-state index is 0.240. The molecule has 1 atom stereocenters. The highest BCUT2D eigenvalue weighted by Gasteiger charge is 2.22. The summed E-state index contributed by atoms with van der Waals surface area (Å²) in [5.41, 5.74) is 3.00. The van der Waals surface area contributed by atoms with Gasteiger partial charge < -0.3 is 5.32 Å². The number of nitrogens with zero attached hydrogens (tertiary/aromatic N) is 5. The molecule has 0 fully saturated rings. The zero-order valence-electron chi connectivity index (χ0n) is 15.8. The average Bonchev–Trinajstić information content (AvgIpc) is 3.16. The van der Waals surface area contributed by atoms with Gasteiger partial charge in [0.15, 0.2) is 5.82 Å². The van der Waals surface area contributed by atoms with Crippen LogP contribution >= 0.6 is 0 Å². The van der Waals surface area contributed by atoms with E-state index in [-0.39, 0.29) is 6.04 Å². The van der Waals surface area contributed by atoms with Crippen LogP contribution in [0.15, 0.2) is 54.6 Å². The quantitative estimate of drug-likeness (QED) is 0.590. The van der Waals surface area contributed by atoms with Gasteiger partial charge in [-0.1, -0.05) is 55.5 Å². The summed E-state index contributed by atoms with van der Waals surface area (Å²) in [5, 5.41) is 9.21. The van der Waals surface area contributed by atoms with Crippen LogP contribution in [0, 0.1) is 0 Å². The van der Waals surface area contributed by atoms with E-state index in [9.17, 15) is 0 Å². The molecule has 0 radical (unpaired) electrons. The molecule has 1 aliphatic rings. The SMILES string of the molecule is CCc1nc2n(n1)CC(Nc1nc(-c3ccccc3)c3ccccc3n1)CC2. The van der Waals surface area contributed by atoms with E-state index < -0.39 is 0 Å². The Kier molecular flexibility index (Phi) is 4.24. The van der Waals surface area contributed by atoms with Crippen LogP contribution in [0.2, 0.25) is 0 Å². The number of aryl methyl sites for hydroxylation is 2. The van der Waals surface area contributed by atoms with Crippen molar-refractivity contribution in [3.8, 4) is 11.3 Å². The Morgan fingerprint density at radius 2 is 1.82 bits per heavy atom. The number of nitrogens with one attached hydrogen (secondary N) is 1. The molecule has 3 heterocycles. The maximum Gasteiger partial charge on any atom is 0.224 e. The van der Waals surface area contributed by atoms with Crippen molar-refractivity contribution in [2.24, 2.45) is 0 Å². The van der Waals surface area contributed by atoms with Crippen molar-refractivity contribution in [1.82, 2.24) is 24.7 Å². The third kappa shape index (κ3) is 3.11. The number of hydrogen-bond donors (Lipinski definition) is 1. The smallest absolute Gasteiger partial charge is 0.224 e. The molecular weight excluding hydrogens is 348 g/mol. The number of benzene rings is 2. The lowest BCUT2D eigenvalue weighted by molar-refractivity contribution is 0.439. The number of fused-ring (bicyclic) bond motifs is 2. The zero-order chi connectivity index (χ0) is 18.9. The van der Waals surface area contributed by atoms with Crippen molar-refractivity contribution in [3.05, 3.63) is 66.2 Å². The van der Waals surface area contributed by atoms with Gasteiger partial charge in [0, 0.05) is 29.8 Å². The topological polar surface area (TPSA) is 68.5 Å². The number of rotatable bonds is 4. The summed E-state index contributed by atoms with van der Waals surface area (Å²) in [4.78, 5) is 14.2. The second-order valence-electron chi connectivity index (χ2n) is 7.14. The van der Waals surface area contributed by atoms with Crippen molar-refractivity contribution in [1.29, 1.82) is 0 Å². The first-order chi connectivity index (χ1) is 13.8. The van der Waals surface area contributed by atoms with Crippen LogP contribution < -0.4 is 5.32 Å². The van der Waals surface area contributed by atoms with Gasteiger partial charge in [0.05, 0.1) is 17.8 Å². The fourth-order valence-corrected chi connectivity index (χ4v) is 3.77. The van der Waals surface area contributed by atoms with Gasteiger partial charge in [-0.05, 0) is 12.5 Å². The lowest BCUT2D eigenvalue weighted by atomic mass is 10.1. The number of para-hydroxylation sites is 1. The van der Waals surface area contributed by atoms with E-state index in [4.69, 9.17) is 9.97 Å².